The van der Waals surface area contributed by atoms with Gasteiger partial charge in [-0.3, -0.25) is 4.99 Å². The predicted octanol–water partition coefficient (Wildman–Crippen LogP) is 4.79. The van der Waals surface area contributed by atoms with Crippen molar-refractivity contribution >= 4 is 39.7 Å². The first-order valence-electron chi connectivity index (χ1n) is 6.97. The smallest absolute Gasteiger partial charge is 0.124 e. The van der Waals surface area contributed by atoms with Crippen molar-refractivity contribution in [3.05, 3.63) is 24.3 Å². The number of benzene rings is 1. The molecular formula is C15H21NOS3. The third-order valence-electron chi connectivity index (χ3n) is 2.87. The SMILES string of the molecule is CCC(C)Sc1ccc(OCCSC2=NCCS2)cc1. The molecule has 0 fully saturated rings. The highest BCUT2D eigenvalue weighted by Gasteiger charge is 2.07. The second kappa shape index (κ2) is 8.90. The summed E-state index contributed by atoms with van der Waals surface area (Å²) in [4.78, 5) is 5.73. The van der Waals surface area contributed by atoms with E-state index in [0.717, 1.165) is 30.4 Å². The topological polar surface area (TPSA) is 21.6 Å². The summed E-state index contributed by atoms with van der Waals surface area (Å²) < 4.78 is 6.97. The van der Waals surface area contributed by atoms with Gasteiger partial charge in [0.15, 0.2) is 0 Å². The average molecular weight is 328 g/mol. The maximum atomic E-state index is 5.76. The maximum Gasteiger partial charge on any atom is 0.124 e. The first kappa shape index (κ1) is 16.1. The van der Waals surface area contributed by atoms with Gasteiger partial charge in [-0.15, -0.1) is 11.8 Å². The fraction of sp³-hybridized carbons (Fsp3) is 0.533. The lowest BCUT2D eigenvalue weighted by molar-refractivity contribution is 0.344. The molecule has 0 bridgehead atoms. The summed E-state index contributed by atoms with van der Waals surface area (Å²) in [6, 6.07) is 8.43. The molecule has 0 amide bonds. The van der Waals surface area contributed by atoms with Gasteiger partial charge < -0.3 is 4.74 Å². The molecule has 5 heteroatoms. The van der Waals surface area contributed by atoms with Gasteiger partial charge in [0.25, 0.3) is 0 Å². The van der Waals surface area contributed by atoms with Crippen molar-refractivity contribution in [2.45, 2.75) is 30.4 Å². The zero-order valence-electron chi connectivity index (χ0n) is 12.0. The van der Waals surface area contributed by atoms with Crippen LogP contribution in [0.25, 0.3) is 0 Å². The number of ether oxygens (including phenoxy) is 1. The summed E-state index contributed by atoms with van der Waals surface area (Å²) in [5.41, 5.74) is 0. The summed E-state index contributed by atoms with van der Waals surface area (Å²) in [5, 5.41) is 0.669. The van der Waals surface area contributed by atoms with Gasteiger partial charge in [0, 0.05) is 21.7 Å². The summed E-state index contributed by atoms with van der Waals surface area (Å²) in [5.74, 6) is 3.06. The van der Waals surface area contributed by atoms with Crippen LogP contribution in [0.2, 0.25) is 0 Å². The van der Waals surface area contributed by atoms with Crippen LogP contribution in [0, 0.1) is 0 Å². The minimum atomic E-state index is 0.669. The molecule has 0 aliphatic carbocycles. The summed E-state index contributed by atoms with van der Waals surface area (Å²) in [6.45, 7) is 6.20. The van der Waals surface area contributed by atoms with Crippen LogP contribution in [0.1, 0.15) is 20.3 Å². The molecule has 2 nitrogen and oxygen atoms in total. The van der Waals surface area contributed by atoms with E-state index in [1.165, 1.54) is 15.7 Å². The van der Waals surface area contributed by atoms with E-state index in [9.17, 15) is 0 Å². The van der Waals surface area contributed by atoms with E-state index < -0.39 is 0 Å². The number of hydrogen-bond donors (Lipinski definition) is 0. The number of hydrogen-bond acceptors (Lipinski definition) is 5. The number of thioether (sulfide) groups is 3. The van der Waals surface area contributed by atoms with Crippen molar-refractivity contribution < 1.29 is 4.74 Å². The van der Waals surface area contributed by atoms with E-state index in [0.29, 0.717) is 5.25 Å². The number of aliphatic imine (C=N–C) groups is 1. The van der Waals surface area contributed by atoms with Gasteiger partial charge in [-0.25, -0.2) is 0 Å². The van der Waals surface area contributed by atoms with Gasteiger partial charge >= 0.3 is 0 Å². The zero-order chi connectivity index (χ0) is 14.2. The Morgan fingerprint density at radius 3 is 2.80 bits per heavy atom. The van der Waals surface area contributed by atoms with Crippen molar-refractivity contribution in [3.8, 4) is 5.75 Å². The fourth-order valence-corrected chi connectivity index (χ4v) is 4.44. The molecule has 0 spiro atoms. The van der Waals surface area contributed by atoms with Gasteiger partial charge in [0.2, 0.25) is 0 Å². The quantitative estimate of drug-likeness (QED) is 0.530. The Labute approximate surface area is 134 Å². The summed E-state index contributed by atoms with van der Waals surface area (Å²) in [7, 11) is 0. The normalized spacial score (nSPS) is 16.0. The molecule has 1 aliphatic rings. The minimum Gasteiger partial charge on any atom is -0.493 e. The monoisotopic (exact) mass is 327 g/mol. The molecule has 0 saturated heterocycles. The van der Waals surface area contributed by atoms with E-state index in [1.807, 2.05) is 23.5 Å². The summed E-state index contributed by atoms with van der Waals surface area (Å²) >= 11 is 5.57. The molecule has 0 aromatic heterocycles. The molecule has 110 valence electrons. The van der Waals surface area contributed by atoms with Crippen LogP contribution in [-0.2, 0) is 0 Å². The second-order valence-corrected chi connectivity index (χ2v) is 8.44. The van der Waals surface area contributed by atoms with Gasteiger partial charge in [-0.1, -0.05) is 37.4 Å². The van der Waals surface area contributed by atoms with Crippen LogP contribution < -0.4 is 4.74 Å². The molecule has 1 unspecified atom stereocenters. The van der Waals surface area contributed by atoms with Crippen molar-refractivity contribution in [1.82, 2.24) is 0 Å². The van der Waals surface area contributed by atoms with Gasteiger partial charge in [-0.05, 0) is 30.7 Å². The largest absolute Gasteiger partial charge is 0.493 e. The van der Waals surface area contributed by atoms with Crippen molar-refractivity contribution in [1.29, 1.82) is 0 Å². The van der Waals surface area contributed by atoms with Crippen molar-refractivity contribution in [2.24, 2.45) is 4.99 Å². The summed E-state index contributed by atoms with van der Waals surface area (Å²) in [6.07, 6.45) is 1.20. The van der Waals surface area contributed by atoms with Crippen LogP contribution in [0.3, 0.4) is 0 Å². The molecule has 2 rings (SSSR count). The van der Waals surface area contributed by atoms with E-state index in [1.54, 1.807) is 11.8 Å². The molecule has 1 aromatic rings. The number of nitrogens with zero attached hydrogens (tertiary/aromatic N) is 1. The highest BCUT2D eigenvalue weighted by molar-refractivity contribution is 8.39. The van der Waals surface area contributed by atoms with E-state index in [-0.39, 0.29) is 0 Å². The Morgan fingerprint density at radius 2 is 2.15 bits per heavy atom. The molecule has 1 atom stereocenters. The molecular weight excluding hydrogens is 306 g/mol. The first-order chi connectivity index (χ1) is 9.78. The molecule has 0 radical (unpaired) electrons. The van der Waals surface area contributed by atoms with Crippen molar-refractivity contribution in [2.75, 3.05) is 24.7 Å². The molecule has 1 aromatic carbocycles. The van der Waals surface area contributed by atoms with Gasteiger partial charge in [0.1, 0.15) is 10.1 Å². The standard InChI is InChI=1S/C15H21NOS3/c1-3-12(2)20-14-6-4-13(5-7-14)17-9-11-19-15-16-8-10-18-15/h4-7,12H,3,8-11H2,1-2H3. The first-order valence-corrected chi connectivity index (χ1v) is 9.82. The molecule has 0 N–H and O–H groups in total. The average Bonchev–Trinajstić information content (AvgIpc) is 2.98. The Bertz CT molecular complexity index is 433. The predicted molar refractivity (Wildman–Crippen MR) is 94.8 cm³/mol. The van der Waals surface area contributed by atoms with Crippen LogP contribution in [-0.4, -0.2) is 34.3 Å². The molecule has 1 heterocycles. The third-order valence-corrected chi connectivity index (χ3v) is 6.37. The highest BCUT2D eigenvalue weighted by Crippen LogP contribution is 2.27. The lowest BCUT2D eigenvalue weighted by atomic mass is 10.3. The lowest BCUT2D eigenvalue weighted by Gasteiger charge is -2.09. The molecule has 0 saturated carbocycles. The van der Waals surface area contributed by atoms with Crippen LogP contribution in [0.15, 0.2) is 34.2 Å². The van der Waals surface area contributed by atoms with Gasteiger partial charge in [0.05, 0.1) is 13.2 Å². The Hall–Kier alpha value is -0.260. The Balaban J connectivity index is 1.68. The fourth-order valence-electron chi connectivity index (χ4n) is 1.62. The number of rotatable bonds is 7. The zero-order valence-corrected chi connectivity index (χ0v) is 14.5. The Kier molecular flexibility index (Phi) is 7.17. The van der Waals surface area contributed by atoms with E-state index in [2.05, 4.69) is 43.1 Å². The van der Waals surface area contributed by atoms with Crippen LogP contribution in [0.4, 0.5) is 0 Å². The van der Waals surface area contributed by atoms with Gasteiger partial charge in [-0.2, -0.15) is 0 Å². The van der Waals surface area contributed by atoms with E-state index in [4.69, 9.17) is 4.74 Å². The third kappa shape index (κ3) is 5.62. The lowest BCUT2D eigenvalue weighted by Crippen LogP contribution is -2.01. The van der Waals surface area contributed by atoms with Crippen LogP contribution >= 0.6 is 35.3 Å². The van der Waals surface area contributed by atoms with E-state index >= 15 is 0 Å². The second-order valence-electron chi connectivity index (χ2n) is 4.50. The minimum absolute atomic E-state index is 0.669. The highest BCUT2D eigenvalue weighted by atomic mass is 32.2. The molecule has 1 aliphatic heterocycles. The Morgan fingerprint density at radius 1 is 1.35 bits per heavy atom. The molecule has 20 heavy (non-hydrogen) atoms. The van der Waals surface area contributed by atoms with Crippen LogP contribution in [0.5, 0.6) is 5.75 Å². The maximum absolute atomic E-state index is 5.76. The van der Waals surface area contributed by atoms with Crippen molar-refractivity contribution in [3.63, 3.8) is 0 Å².